The number of aliphatic hydroxyl groups excluding tert-OH is 1. The summed E-state index contributed by atoms with van der Waals surface area (Å²) in [6.45, 7) is 6.48. The normalized spacial score (nSPS) is 12.9. The molecule has 0 aromatic heterocycles. The van der Waals surface area contributed by atoms with Gasteiger partial charge in [-0.2, -0.15) is 0 Å². The number of aliphatic carboxylic acids is 1. The van der Waals surface area contributed by atoms with Gasteiger partial charge in [-0.25, -0.2) is 0 Å². The number of nitrogens with zero attached hydrogens (tertiary/aromatic N) is 1. The van der Waals surface area contributed by atoms with E-state index in [1.54, 1.807) is 6.08 Å². The van der Waals surface area contributed by atoms with Crippen LogP contribution in [0.1, 0.15) is 52.4 Å². The fourth-order valence-electron chi connectivity index (χ4n) is 2.16. The minimum Gasteiger partial charge on any atom is -0.875 e. The van der Waals surface area contributed by atoms with Crippen molar-refractivity contribution in [3.8, 4) is 0 Å². The van der Waals surface area contributed by atoms with E-state index in [1.165, 1.54) is 0 Å². The second kappa shape index (κ2) is 18.3. The van der Waals surface area contributed by atoms with Crippen molar-refractivity contribution in [2.75, 3.05) is 32.7 Å². The summed E-state index contributed by atoms with van der Waals surface area (Å²) in [5.74, 6) is -0.817. The van der Waals surface area contributed by atoms with Crippen LogP contribution in [0.25, 0.3) is 0 Å². The standard InChI is InChI=1S/C17H34N2O4.K/c1-3-5-7-15(20)13-18-10-12-19(11-9-17(22)23)14-16(21)8-6-4-2;/h8,15,18,20-21H,3-7,9-14H2,1-2H3,(H,22,23);/q;+1/p-1/b16-8-;. The second-order valence-electron chi connectivity index (χ2n) is 5.88. The van der Waals surface area contributed by atoms with E-state index >= 15 is 0 Å². The van der Waals surface area contributed by atoms with Crippen molar-refractivity contribution in [3.05, 3.63) is 11.8 Å². The molecule has 0 heterocycles. The van der Waals surface area contributed by atoms with Crippen LogP contribution >= 0.6 is 0 Å². The summed E-state index contributed by atoms with van der Waals surface area (Å²) >= 11 is 0. The Labute approximate surface area is 189 Å². The zero-order valence-electron chi connectivity index (χ0n) is 15.6. The molecule has 7 heteroatoms. The van der Waals surface area contributed by atoms with Crippen molar-refractivity contribution in [1.82, 2.24) is 10.2 Å². The van der Waals surface area contributed by atoms with Crippen LogP contribution in [0.5, 0.6) is 0 Å². The zero-order chi connectivity index (χ0) is 17.5. The molecule has 0 aromatic carbocycles. The van der Waals surface area contributed by atoms with Gasteiger partial charge in [0.15, 0.2) is 0 Å². The molecule has 1 atom stereocenters. The predicted molar refractivity (Wildman–Crippen MR) is 90.1 cm³/mol. The van der Waals surface area contributed by atoms with Crippen LogP contribution in [0, 0.1) is 0 Å². The van der Waals surface area contributed by atoms with Gasteiger partial charge in [0, 0.05) is 32.7 Å². The van der Waals surface area contributed by atoms with Gasteiger partial charge in [0.2, 0.25) is 0 Å². The third kappa shape index (κ3) is 17.4. The largest absolute Gasteiger partial charge is 1.00 e. The maximum Gasteiger partial charge on any atom is 1.00 e. The molecule has 0 bridgehead atoms. The van der Waals surface area contributed by atoms with Gasteiger partial charge >= 0.3 is 57.4 Å². The van der Waals surface area contributed by atoms with E-state index in [2.05, 4.69) is 12.2 Å². The molecule has 6 nitrogen and oxygen atoms in total. The number of aliphatic hydroxyl groups is 1. The van der Waals surface area contributed by atoms with Gasteiger partial charge in [-0.15, -0.1) is 5.76 Å². The number of carbonyl (C=O) groups is 1. The molecular formula is C17H33KN2O4. The maximum atomic E-state index is 11.8. The van der Waals surface area contributed by atoms with E-state index in [0.717, 1.165) is 32.1 Å². The van der Waals surface area contributed by atoms with Crippen LogP contribution in [-0.2, 0) is 4.79 Å². The first-order valence-corrected chi connectivity index (χ1v) is 8.68. The number of nitrogens with one attached hydrogen (secondary N) is 1. The summed E-state index contributed by atoms with van der Waals surface area (Å²) in [5.41, 5.74) is 0. The molecule has 0 saturated heterocycles. The number of carboxylic acids is 1. The monoisotopic (exact) mass is 368 g/mol. The average Bonchev–Trinajstić information content (AvgIpc) is 2.52. The van der Waals surface area contributed by atoms with Gasteiger partial charge in [-0.1, -0.05) is 39.2 Å². The Morgan fingerprint density at radius 1 is 1.29 bits per heavy atom. The van der Waals surface area contributed by atoms with Crippen molar-refractivity contribution in [1.29, 1.82) is 0 Å². The summed E-state index contributed by atoms with van der Waals surface area (Å²) in [6, 6.07) is 0. The Morgan fingerprint density at radius 2 is 2.00 bits per heavy atom. The Morgan fingerprint density at radius 3 is 2.58 bits per heavy atom. The second-order valence-corrected chi connectivity index (χ2v) is 5.88. The van der Waals surface area contributed by atoms with Gasteiger partial charge in [-0.3, -0.25) is 9.69 Å². The van der Waals surface area contributed by atoms with Crippen molar-refractivity contribution in [3.63, 3.8) is 0 Å². The quantitative estimate of drug-likeness (QED) is 0.175. The van der Waals surface area contributed by atoms with Crippen LogP contribution in [0.4, 0.5) is 0 Å². The summed E-state index contributed by atoms with van der Waals surface area (Å²) in [4.78, 5) is 12.6. The molecule has 0 spiro atoms. The van der Waals surface area contributed by atoms with E-state index < -0.39 is 5.97 Å². The summed E-state index contributed by atoms with van der Waals surface area (Å²) < 4.78 is 0. The van der Waals surface area contributed by atoms with E-state index in [4.69, 9.17) is 5.11 Å². The first-order valence-electron chi connectivity index (χ1n) is 8.68. The molecule has 0 radical (unpaired) electrons. The average molecular weight is 369 g/mol. The summed E-state index contributed by atoms with van der Waals surface area (Å²) in [6.07, 6.45) is 5.91. The molecule has 0 amide bonds. The van der Waals surface area contributed by atoms with E-state index in [-0.39, 0.29) is 76.2 Å². The molecule has 0 rings (SSSR count). The molecule has 0 aliphatic rings. The summed E-state index contributed by atoms with van der Waals surface area (Å²) in [7, 11) is 0. The molecular weight excluding hydrogens is 335 g/mol. The van der Waals surface area contributed by atoms with Crippen molar-refractivity contribution in [2.24, 2.45) is 0 Å². The van der Waals surface area contributed by atoms with Crippen molar-refractivity contribution < 1.29 is 71.5 Å². The van der Waals surface area contributed by atoms with Crippen LogP contribution in [0.15, 0.2) is 11.8 Å². The van der Waals surface area contributed by atoms with E-state index in [9.17, 15) is 15.0 Å². The van der Waals surface area contributed by atoms with Crippen LogP contribution in [-0.4, -0.2) is 59.9 Å². The van der Waals surface area contributed by atoms with Gasteiger partial charge < -0.3 is 20.6 Å². The molecule has 3 N–H and O–H groups in total. The van der Waals surface area contributed by atoms with E-state index in [1.807, 2.05) is 11.8 Å². The molecule has 0 aliphatic carbocycles. The number of carboxylic acid groups (broad SMARTS) is 1. The first kappa shape index (κ1) is 26.8. The van der Waals surface area contributed by atoms with Crippen LogP contribution in [0.3, 0.4) is 0 Å². The molecule has 0 aliphatic heterocycles. The molecule has 0 fully saturated rings. The fraction of sp³-hybridized carbons (Fsp3) is 0.824. The topological polar surface area (TPSA) is 95.9 Å². The Bertz CT molecular complexity index is 341. The van der Waals surface area contributed by atoms with Gasteiger partial charge in [0.05, 0.1) is 12.5 Å². The van der Waals surface area contributed by atoms with Gasteiger partial charge in [-0.05, 0) is 12.8 Å². The number of hydrogen-bond donors (Lipinski definition) is 3. The minimum absolute atomic E-state index is 0. The summed E-state index contributed by atoms with van der Waals surface area (Å²) in [5, 5.41) is 33.5. The van der Waals surface area contributed by atoms with E-state index in [0.29, 0.717) is 26.2 Å². The minimum atomic E-state index is -0.858. The van der Waals surface area contributed by atoms with Gasteiger partial charge in [0.25, 0.3) is 0 Å². The molecule has 136 valence electrons. The Hall–Kier alpha value is 0.526. The Kier molecular flexibility index (Phi) is 20.4. The van der Waals surface area contributed by atoms with Crippen molar-refractivity contribution >= 4 is 5.97 Å². The number of unbranched alkanes of at least 4 members (excludes halogenated alkanes) is 2. The maximum absolute atomic E-state index is 11.8. The van der Waals surface area contributed by atoms with Crippen LogP contribution in [0.2, 0.25) is 0 Å². The third-order valence-corrected chi connectivity index (χ3v) is 3.56. The Balaban J connectivity index is 0. The SMILES string of the molecule is CCC/C=C(\[O-])CN(CCNCC(O)CCCC)CCC(=O)O.[K+]. The number of allylic oxidation sites excluding steroid dienone is 1. The van der Waals surface area contributed by atoms with Crippen LogP contribution < -0.4 is 61.8 Å². The smallest absolute Gasteiger partial charge is 0.875 e. The number of rotatable bonds is 15. The first-order chi connectivity index (χ1) is 11.0. The number of hydrogen-bond acceptors (Lipinski definition) is 5. The predicted octanol–water partition coefficient (Wildman–Crippen LogP) is -2.05. The van der Waals surface area contributed by atoms with Crippen molar-refractivity contribution in [2.45, 2.75) is 58.5 Å². The zero-order valence-corrected chi connectivity index (χ0v) is 18.7. The fourth-order valence-corrected chi connectivity index (χ4v) is 2.16. The molecule has 0 aromatic rings. The molecule has 1 unspecified atom stereocenters. The third-order valence-electron chi connectivity index (χ3n) is 3.56. The van der Waals surface area contributed by atoms with Gasteiger partial charge in [0.1, 0.15) is 0 Å². The molecule has 24 heavy (non-hydrogen) atoms. The molecule has 0 saturated carbocycles.